The predicted molar refractivity (Wildman–Crippen MR) is 65.0 cm³/mol. The van der Waals surface area contributed by atoms with Gasteiger partial charge in [-0.05, 0) is 44.9 Å². The van der Waals surface area contributed by atoms with Crippen molar-refractivity contribution in [3.05, 3.63) is 12.2 Å². The highest BCUT2D eigenvalue weighted by molar-refractivity contribution is 7.99. The Morgan fingerprint density at radius 3 is 2.40 bits per heavy atom. The maximum atomic E-state index is 11.9. The largest absolute Gasteiger partial charge is 0.333 e. The van der Waals surface area contributed by atoms with Crippen molar-refractivity contribution in [3.63, 3.8) is 0 Å². The van der Waals surface area contributed by atoms with Crippen molar-refractivity contribution in [1.82, 2.24) is 4.90 Å². The van der Waals surface area contributed by atoms with Crippen molar-refractivity contribution in [2.24, 2.45) is 0 Å². The lowest BCUT2D eigenvalue weighted by molar-refractivity contribution is -0.130. The molecule has 2 unspecified atom stereocenters. The van der Waals surface area contributed by atoms with E-state index in [0.717, 1.165) is 5.25 Å². The van der Waals surface area contributed by atoms with Crippen LogP contribution >= 0.6 is 11.8 Å². The van der Waals surface area contributed by atoms with E-state index in [2.05, 4.69) is 11.2 Å². The molecule has 0 spiro atoms. The molecule has 2 rings (SSSR count). The van der Waals surface area contributed by atoms with E-state index in [0.29, 0.717) is 12.1 Å². The summed E-state index contributed by atoms with van der Waals surface area (Å²) in [6.45, 7) is 1.91. The van der Waals surface area contributed by atoms with Gasteiger partial charge in [-0.25, -0.2) is 0 Å². The van der Waals surface area contributed by atoms with E-state index in [1.165, 1.54) is 25.7 Å². The van der Waals surface area contributed by atoms with Crippen LogP contribution in [-0.2, 0) is 4.79 Å². The molecule has 2 saturated heterocycles. The minimum Gasteiger partial charge on any atom is -0.333 e. The Labute approximate surface area is 96.1 Å². The number of thioether (sulfide) groups is 1. The molecule has 2 aliphatic heterocycles. The lowest BCUT2D eigenvalue weighted by Gasteiger charge is -2.37. The molecular formula is C12H19NOS. The zero-order valence-electron chi connectivity index (χ0n) is 9.48. The number of carbonyl (C=O) groups excluding carboxylic acids is 1. The van der Waals surface area contributed by atoms with Gasteiger partial charge in [0.1, 0.15) is 0 Å². The monoisotopic (exact) mass is 225 g/mol. The number of hydrogen-bond acceptors (Lipinski definition) is 2. The quantitative estimate of drug-likeness (QED) is 0.673. The van der Waals surface area contributed by atoms with Crippen molar-refractivity contribution < 1.29 is 4.79 Å². The molecule has 2 nitrogen and oxygen atoms in total. The van der Waals surface area contributed by atoms with Gasteiger partial charge in [-0.1, -0.05) is 6.08 Å². The van der Waals surface area contributed by atoms with Crippen molar-refractivity contribution in [3.8, 4) is 0 Å². The van der Waals surface area contributed by atoms with Gasteiger partial charge in [0, 0.05) is 17.3 Å². The number of rotatable bonds is 2. The van der Waals surface area contributed by atoms with E-state index in [1.54, 1.807) is 6.08 Å². The Kier molecular flexibility index (Phi) is 3.39. The van der Waals surface area contributed by atoms with E-state index >= 15 is 0 Å². The van der Waals surface area contributed by atoms with Crippen LogP contribution in [0, 0.1) is 0 Å². The van der Waals surface area contributed by atoms with Gasteiger partial charge in [0.2, 0.25) is 5.91 Å². The van der Waals surface area contributed by atoms with Gasteiger partial charge in [-0.3, -0.25) is 4.79 Å². The summed E-state index contributed by atoms with van der Waals surface area (Å²) in [5.74, 6) is 0.226. The topological polar surface area (TPSA) is 20.3 Å². The van der Waals surface area contributed by atoms with Crippen molar-refractivity contribution in [1.29, 1.82) is 0 Å². The van der Waals surface area contributed by atoms with Crippen molar-refractivity contribution in [2.45, 2.75) is 49.9 Å². The second-order valence-electron chi connectivity index (χ2n) is 4.46. The van der Waals surface area contributed by atoms with Gasteiger partial charge in [-0.15, -0.1) is 0 Å². The van der Waals surface area contributed by atoms with Crippen LogP contribution in [0.15, 0.2) is 12.2 Å². The lowest BCUT2D eigenvalue weighted by atomic mass is 10.0. The number of piperidine rings is 1. The third-order valence-corrected chi connectivity index (χ3v) is 4.64. The first kappa shape index (κ1) is 11.1. The summed E-state index contributed by atoms with van der Waals surface area (Å²) in [5.41, 5.74) is 0. The van der Waals surface area contributed by atoms with E-state index in [-0.39, 0.29) is 5.91 Å². The fourth-order valence-electron chi connectivity index (χ4n) is 2.91. The summed E-state index contributed by atoms with van der Waals surface area (Å²) >= 11 is 1.96. The van der Waals surface area contributed by atoms with Gasteiger partial charge in [0.25, 0.3) is 0 Å². The van der Waals surface area contributed by atoms with Crippen molar-refractivity contribution >= 4 is 17.7 Å². The average Bonchev–Trinajstić information content (AvgIpc) is 2.50. The molecule has 2 fully saturated rings. The molecule has 0 aromatic heterocycles. The summed E-state index contributed by atoms with van der Waals surface area (Å²) in [4.78, 5) is 14.0. The van der Waals surface area contributed by atoms with Gasteiger partial charge in [0.05, 0.1) is 0 Å². The smallest absolute Gasteiger partial charge is 0.246 e. The van der Waals surface area contributed by atoms with Crippen LogP contribution in [0.5, 0.6) is 0 Å². The third kappa shape index (κ3) is 2.07. The second-order valence-corrected chi connectivity index (χ2v) is 5.60. The van der Waals surface area contributed by atoms with Gasteiger partial charge >= 0.3 is 0 Å². The molecule has 3 heteroatoms. The van der Waals surface area contributed by atoms with Crippen LogP contribution in [0.25, 0.3) is 0 Å². The Hall–Kier alpha value is -0.440. The molecule has 2 bridgehead atoms. The summed E-state index contributed by atoms with van der Waals surface area (Å²) in [5, 5.41) is 0.775. The molecule has 0 saturated carbocycles. The average molecular weight is 225 g/mol. The number of hydrogen-bond donors (Lipinski definition) is 0. The van der Waals surface area contributed by atoms with Crippen LogP contribution in [0.3, 0.4) is 0 Å². The maximum Gasteiger partial charge on any atom is 0.246 e. The van der Waals surface area contributed by atoms with Gasteiger partial charge in [0.15, 0.2) is 0 Å². The molecule has 15 heavy (non-hydrogen) atoms. The molecule has 0 aliphatic carbocycles. The highest BCUT2D eigenvalue weighted by Gasteiger charge is 2.42. The molecule has 1 amide bonds. The van der Waals surface area contributed by atoms with Gasteiger partial charge in [-0.2, -0.15) is 11.8 Å². The Balaban J connectivity index is 2.07. The number of fused-ring (bicyclic) bond motifs is 2. The van der Waals surface area contributed by atoms with Crippen LogP contribution in [0.1, 0.15) is 32.6 Å². The Morgan fingerprint density at radius 1 is 1.33 bits per heavy atom. The number of amides is 1. The molecule has 84 valence electrons. The predicted octanol–water partition coefficient (Wildman–Crippen LogP) is 2.45. The SMILES string of the molecule is C/C=C/C(=O)N1C2CCC1CC(SC)C2. The summed E-state index contributed by atoms with van der Waals surface area (Å²) < 4.78 is 0. The standard InChI is InChI=1S/C12H19NOS/c1-3-4-12(14)13-9-5-6-10(13)8-11(7-9)15-2/h3-4,9-11H,5-8H2,1-2H3/b4-3+. The van der Waals surface area contributed by atoms with Crippen LogP contribution in [-0.4, -0.2) is 34.4 Å². The van der Waals surface area contributed by atoms with E-state index in [1.807, 2.05) is 24.8 Å². The number of allylic oxidation sites excluding steroid dienone is 1. The molecular weight excluding hydrogens is 206 g/mol. The first-order valence-electron chi connectivity index (χ1n) is 5.74. The first-order valence-corrected chi connectivity index (χ1v) is 7.02. The molecule has 2 atom stereocenters. The Morgan fingerprint density at radius 2 is 1.93 bits per heavy atom. The molecule has 0 aromatic carbocycles. The minimum absolute atomic E-state index is 0.226. The van der Waals surface area contributed by atoms with Crippen LogP contribution < -0.4 is 0 Å². The molecule has 2 heterocycles. The van der Waals surface area contributed by atoms with Crippen molar-refractivity contribution in [2.75, 3.05) is 6.26 Å². The molecule has 0 aromatic rings. The summed E-state index contributed by atoms with van der Waals surface area (Å²) in [6, 6.07) is 1.04. The molecule has 2 aliphatic rings. The van der Waals surface area contributed by atoms with E-state index < -0.39 is 0 Å². The minimum atomic E-state index is 0.226. The summed E-state index contributed by atoms with van der Waals surface area (Å²) in [6.07, 6.45) is 10.6. The fraction of sp³-hybridized carbons (Fsp3) is 0.750. The summed E-state index contributed by atoms with van der Waals surface area (Å²) in [7, 11) is 0. The maximum absolute atomic E-state index is 11.9. The third-order valence-electron chi connectivity index (χ3n) is 3.59. The fourth-order valence-corrected chi connectivity index (χ4v) is 3.74. The Bertz CT molecular complexity index is 263. The second kappa shape index (κ2) is 4.60. The van der Waals surface area contributed by atoms with E-state index in [4.69, 9.17) is 0 Å². The van der Waals surface area contributed by atoms with Crippen LogP contribution in [0.2, 0.25) is 0 Å². The normalized spacial score (nSPS) is 35.1. The zero-order chi connectivity index (χ0) is 10.8. The molecule has 0 radical (unpaired) electrons. The highest BCUT2D eigenvalue weighted by Crippen LogP contribution is 2.39. The van der Waals surface area contributed by atoms with Gasteiger partial charge < -0.3 is 4.90 Å². The lowest BCUT2D eigenvalue weighted by Crippen LogP contribution is -2.46. The highest BCUT2D eigenvalue weighted by atomic mass is 32.2. The zero-order valence-corrected chi connectivity index (χ0v) is 10.3. The first-order chi connectivity index (χ1) is 7.26. The van der Waals surface area contributed by atoms with E-state index in [9.17, 15) is 4.79 Å². The van der Waals surface area contributed by atoms with Crippen LogP contribution in [0.4, 0.5) is 0 Å². The number of carbonyl (C=O) groups is 1. The molecule has 0 N–H and O–H groups in total. The number of nitrogens with zero attached hydrogens (tertiary/aromatic N) is 1.